The van der Waals surface area contributed by atoms with E-state index in [-0.39, 0.29) is 17.4 Å². The van der Waals surface area contributed by atoms with Gasteiger partial charge in [0.1, 0.15) is 0 Å². The van der Waals surface area contributed by atoms with E-state index in [1.165, 1.54) is 12.5 Å². The van der Waals surface area contributed by atoms with E-state index in [4.69, 9.17) is 11.3 Å². The topological polar surface area (TPSA) is 42.7 Å². The maximum absolute atomic E-state index is 11.1. The van der Waals surface area contributed by atoms with Gasteiger partial charge in [-0.25, -0.2) is 4.85 Å². The first-order valence-corrected chi connectivity index (χ1v) is 8.95. The molecule has 1 aromatic rings. The van der Waals surface area contributed by atoms with Crippen LogP contribution in [0.2, 0.25) is 0 Å². The molecule has 2 atom stereocenters. The van der Waals surface area contributed by atoms with E-state index in [1.54, 1.807) is 0 Å². The average Bonchev–Trinajstić information content (AvgIpc) is 2.52. The largest absolute Gasteiger partial charge is 0.465 e. The van der Waals surface area contributed by atoms with Crippen molar-refractivity contribution in [3.63, 3.8) is 0 Å². The van der Waals surface area contributed by atoms with Crippen LogP contribution in [0.1, 0.15) is 44.9 Å². The van der Waals surface area contributed by atoms with Crippen LogP contribution in [0.4, 0.5) is 11.4 Å². The van der Waals surface area contributed by atoms with Crippen molar-refractivity contribution < 1.29 is 9.53 Å². The molecule has 4 nitrogen and oxygen atoms in total. The maximum Gasteiger partial charge on any atom is 0.302 e. The van der Waals surface area contributed by atoms with Crippen molar-refractivity contribution in [3.8, 4) is 0 Å². The first-order chi connectivity index (χ1) is 10.9. The number of nitrogens with zero attached hydrogens (tertiary/aromatic N) is 1. The van der Waals surface area contributed by atoms with E-state index < -0.39 is 0 Å². The smallest absolute Gasteiger partial charge is 0.302 e. The number of ether oxygens (including phenoxy) is 1. The number of hydrogen-bond acceptors (Lipinski definition) is 4. The van der Waals surface area contributed by atoms with Crippen LogP contribution in [0.25, 0.3) is 4.85 Å². The van der Waals surface area contributed by atoms with Gasteiger partial charge in [0.25, 0.3) is 0 Å². The molecular formula is C18H24N2O2S. The zero-order chi connectivity index (χ0) is 17.0. The van der Waals surface area contributed by atoms with Gasteiger partial charge in [0, 0.05) is 29.3 Å². The molecule has 1 aromatic carbocycles. The first-order valence-electron chi connectivity index (χ1n) is 7.90. The van der Waals surface area contributed by atoms with Gasteiger partial charge in [-0.05, 0) is 23.8 Å². The second-order valence-corrected chi connectivity index (χ2v) is 8.01. The fourth-order valence-corrected chi connectivity index (χ4v) is 3.97. The molecule has 1 N–H and O–H groups in total. The van der Waals surface area contributed by atoms with E-state index in [1.807, 2.05) is 30.0 Å². The molecule has 5 heteroatoms. The Morgan fingerprint density at radius 1 is 1.52 bits per heavy atom. The summed E-state index contributed by atoms with van der Waals surface area (Å²) in [5, 5.41) is 3.95. The van der Waals surface area contributed by atoms with Crippen LogP contribution in [-0.4, -0.2) is 24.4 Å². The molecule has 0 bridgehead atoms. The van der Waals surface area contributed by atoms with E-state index in [9.17, 15) is 4.79 Å². The van der Waals surface area contributed by atoms with Crippen LogP contribution in [0, 0.1) is 12.0 Å². The summed E-state index contributed by atoms with van der Waals surface area (Å²) in [6.07, 6.45) is 0.960. The van der Waals surface area contributed by atoms with Crippen molar-refractivity contribution in [1.82, 2.24) is 0 Å². The number of benzene rings is 1. The molecule has 1 aliphatic rings. The summed E-state index contributed by atoms with van der Waals surface area (Å²) >= 11 is 1.91. The Kier molecular flexibility index (Phi) is 5.59. The second kappa shape index (κ2) is 7.27. The summed E-state index contributed by atoms with van der Waals surface area (Å²) in [6.45, 7) is 15.5. The van der Waals surface area contributed by atoms with Gasteiger partial charge in [-0.3, -0.25) is 4.79 Å². The molecule has 2 rings (SSSR count). The zero-order valence-electron chi connectivity index (χ0n) is 14.2. The van der Waals surface area contributed by atoms with Crippen molar-refractivity contribution in [2.75, 3.05) is 17.7 Å². The molecule has 0 saturated heterocycles. The average molecular weight is 332 g/mol. The standard InChI is InChI=1S/C18H24N2O2S/c1-6-23-16-10-17(18(3,4)11-22-12(2)21)20-15-8-7-13(19-5)9-14(15)16/h7-9,16-17,20H,6,10-11H2,1-4H3. The Bertz CT molecular complexity index is 622. The van der Waals surface area contributed by atoms with Crippen molar-refractivity contribution in [2.24, 2.45) is 5.41 Å². The van der Waals surface area contributed by atoms with E-state index in [0.29, 0.717) is 17.5 Å². The third kappa shape index (κ3) is 4.20. The third-order valence-corrected chi connectivity index (χ3v) is 5.43. The number of esters is 1. The molecule has 0 saturated carbocycles. The minimum atomic E-state index is -0.240. The quantitative estimate of drug-likeness (QED) is 0.621. The Morgan fingerprint density at radius 3 is 2.87 bits per heavy atom. The minimum Gasteiger partial charge on any atom is -0.465 e. The minimum absolute atomic E-state index is 0.158. The molecule has 23 heavy (non-hydrogen) atoms. The molecule has 0 fully saturated rings. The maximum atomic E-state index is 11.1. The van der Waals surface area contributed by atoms with Crippen molar-refractivity contribution in [3.05, 3.63) is 35.2 Å². The van der Waals surface area contributed by atoms with Gasteiger partial charge >= 0.3 is 5.97 Å². The summed E-state index contributed by atoms with van der Waals surface area (Å²) in [6, 6.07) is 6.07. The Balaban J connectivity index is 2.26. The highest BCUT2D eigenvalue weighted by Crippen LogP contribution is 2.46. The first kappa shape index (κ1) is 17.7. The van der Waals surface area contributed by atoms with Crippen LogP contribution in [0.5, 0.6) is 0 Å². The zero-order valence-corrected chi connectivity index (χ0v) is 15.0. The molecule has 124 valence electrons. The Hall–Kier alpha value is -1.67. The highest BCUT2D eigenvalue weighted by Gasteiger charge is 2.37. The number of fused-ring (bicyclic) bond motifs is 1. The summed E-state index contributed by atoms with van der Waals surface area (Å²) in [7, 11) is 0. The van der Waals surface area contributed by atoms with Crippen LogP contribution < -0.4 is 5.32 Å². The van der Waals surface area contributed by atoms with Gasteiger partial charge in [-0.15, -0.1) is 0 Å². The fourth-order valence-electron chi connectivity index (χ4n) is 2.87. The monoisotopic (exact) mass is 332 g/mol. The fraction of sp³-hybridized carbons (Fsp3) is 0.556. The van der Waals surface area contributed by atoms with Gasteiger partial charge in [0.05, 0.1) is 13.2 Å². The summed E-state index contributed by atoms with van der Waals surface area (Å²) in [5.41, 5.74) is 2.83. The molecule has 0 aromatic heterocycles. The van der Waals surface area contributed by atoms with E-state index in [0.717, 1.165) is 17.9 Å². The molecule has 0 radical (unpaired) electrons. The Morgan fingerprint density at radius 2 is 2.26 bits per heavy atom. The third-order valence-electron chi connectivity index (χ3n) is 4.25. The molecule has 1 heterocycles. The lowest BCUT2D eigenvalue weighted by molar-refractivity contribution is -0.144. The van der Waals surface area contributed by atoms with Crippen LogP contribution >= 0.6 is 11.8 Å². The van der Waals surface area contributed by atoms with Gasteiger partial charge in [0.15, 0.2) is 5.69 Å². The lowest BCUT2D eigenvalue weighted by Gasteiger charge is -2.41. The lowest BCUT2D eigenvalue weighted by Crippen LogP contribution is -2.43. The summed E-state index contributed by atoms with van der Waals surface area (Å²) in [5.74, 6) is 0.791. The van der Waals surface area contributed by atoms with Gasteiger partial charge in [0.2, 0.25) is 0 Å². The highest BCUT2D eigenvalue weighted by atomic mass is 32.2. The number of nitrogens with one attached hydrogen (secondary N) is 1. The second-order valence-electron chi connectivity index (χ2n) is 6.53. The van der Waals surface area contributed by atoms with Crippen LogP contribution in [0.3, 0.4) is 0 Å². The number of carbonyl (C=O) groups excluding carboxylic acids is 1. The number of carbonyl (C=O) groups is 1. The van der Waals surface area contributed by atoms with Crippen molar-refractivity contribution in [1.29, 1.82) is 0 Å². The van der Waals surface area contributed by atoms with Gasteiger partial charge < -0.3 is 10.1 Å². The van der Waals surface area contributed by atoms with E-state index >= 15 is 0 Å². The molecule has 0 amide bonds. The number of thioether (sulfide) groups is 1. The molecule has 0 aliphatic carbocycles. The Labute approximate surface area is 142 Å². The van der Waals surface area contributed by atoms with Crippen molar-refractivity contribution >= 4 is 29.1 Å². The summed E-state index contributed by atoms with van der Waals surface area (Å²) in [4.78, 5) is 14.7. The van der Waals surface area contributed by atoms with Crippen molar-refractivity contribution in [2.45, 2.75) is 45.4 Å². The number of anilines is 1. The van der Waals surface area contributed by atoms with Crippen LogP contribution in [-0.2, 0) is 9.53 Å². The van der Waals surface area contributed by atoms with E-state index in [2.05, 4.69) is 30.9 Å². The number of rotatable bonds is 5. The molecular weight excluding hydrogens is 308 g/mol. The highest BCUT2D eigenvalue weighted by molar-refractivity contribution is 7.99. The number of hydrogen-bond donors (Lipinski definition) is 1. The SMILES string of the molecule is [C-]#[N+]c1ccc2c(c1)C(SCC)CC(C(C)(C)COC(C)=O)N2. The van der Waals surface area contributed by atoms with Crippen LogP contribution in [0.15, 0.2) is 18.2 Å². The predicted octanol–water partition coefficient (Wildman–Crippen LogP) is 4.81. The molecule has 1 aliphatic heterocycles. The predicted molar refractivity (Wildman–Crippen MR) is 96.0 cm³/mol. The molecule has 0 spiro atoms. The normalized spacial score (nSPS) is 20.1. The molecule has 2 unspecified atom stereocenters. The summed E-state index contributed by atoms with van der Waals surface area (Å²) < 4.78 is 5.25. The van der Waals surface area contributed by atoms with Gasteiger partial charge in [-0.2, -0.15) is 11.8 Å². The van der Waals surface area contributed by atoms with Gasteiger partial charge in [-0.1, -0.05) is 32.9 Å². The lowest BCUT2D eigenvalue weighted by atomic mass is 9.79.